The summed E-state index contributed by atoms with van der Waals surface area (Å²) in [5.41, 5.74) is 2.53. The van der Waals surface area contributed by atoms with Gasteiger partial charge < -0.3 is 9.67 Å². The van der Waals surface area contributed by atoms with Crippen LogP contribution in [0.15, 0.2) is 24.3 Å². The predicted molar refractivity (Wildman–Crippen MR) is 66.5 cm³/mol. The van der Waals surface area contributed by atoms with Gasteiger partial charge in [0.15, 0.2) is 0 Å². The lowest BCUT2D eigenvalue weighted by atomic mass is 10.2. The normalized spacial score (nSPS) is 11.1. The van der Waals surface area contributed by atoms with E-state index in [1.165, 1.54) is 11.2 Å². The molecule has 0 spiro atoms. The second kappa shape index (κ2) is 4.19. The van der Waals surface area contributed by atoms with Crippen molar-refractivity contribution in [1.29, 1.82) is 0 Å². The highest BCUT2D eigenvalue weighted by atomic mass is 32.2. The van der Waals surface area contributed by atoms with E-state index in [1.807, 2.05) is 23.9 Å². The molecule has 0 fully saturated rings. The number of benzene rings is 1. The third-order valence-electron chi connectivity index (χ3n) is 2.58. The summed E-state index contributed by atoms with van der Waals surface area (Å²) < 4.78 is 2.30. The van der Waals surface area contributed by atoms with Crippen LogP contribution in [0.5, 0.6) is 5.75 Å². The van der Waals surface area contributed by atoms with Gasteiger partial charge in [-0.15, -0.1) is 0 Å². The van der Waals surface area contributed by atoms with E-state index in [0.717, 1.165) is 17.7 Å². The van der Waals surface area contributed by atoms with Gasteiger partial charge in [-0.2, -0.15) is 11.8 Å². The summed E-state index contributed by atoms with van der Waals surface area (Å²) in [4.78, 5) is 0. The van der Waals surface area contributed by atoms with Crippen molar-refractivity contribution in [2.75, 3.05) is 6.26 Å². The summed E-state index contributed by atoms with van der Waals surface area (Å²) in [6.45, 7) is 3.13. The molecule has 1 N–H and O–H groups in total. The topological polar surface area (TPSA) is 25.2 Å². The summed E-state index contributed by atoms with van der Waals surface area (Å²) in [5, 5.41) is 10.5. The molecule has 3 heteroatoms. The summed E-state index contributed by atoms with van der Waals surface area (Å²) >= 11 is 1.82. The van der Waals surface area contributed by atoms with Crippen molar-refractivity contribution in [1.82, 2.24) is 4.57 Å². The van der Waals surface area contributed by atoms with Crippen LogP contribution in [0.4, 0.5) is 0 Å². The molecule has 15 heavy (non-hydrogen) atoms. The molecule has 0 radical (unpaired) electrons. The summed E-state index contributed by atoms with van der Waals surface area (Å²) in [6.07, 6.45) is 2.11. The zero-order chi connectivity index (χ0) is 10.8. The summed E-state index contributed by atoms with van der Waals surface area (Å²) in [5.74, 6) is 1.36. The Kier molecular flexibility index (Phi) is 2.91. The molecule has 1 aromatic heterocycles. The molecule has 2 rings (SSSR count). The van der Waals surface area contributed by atoms with Crippen LogP contribution in [0.3, 0.4) is 0 Å². The molecule has 0 bridgehead atoms. The predicted octanol–water partition coefficient (Wildman–Crippen LogP) is 3.23. The fourth-order valence-electron chi connectivity index (χ4n) is 1.96. The third-order valence-corrected chi connectivity index (χ3v) is 3.16. The number of hydrogen-bond donors (Lipinski definition) is 1. The number of nitrogens with zero attached hydrogens (tertiary/aromatic N) is 1. The highest BCUT2D eigenvalue weighted by Gasteiger charge is 2.07. The maximum atomic E-state index is 9.42. The second-order valence-corrected chi connectivity index (χ2v) is 4.42. The molecule has 1 heterocycles. The highest BCUT2D eigenvalue weighted by molar-refractivity contribution is 7.97. The second-order valence-electron chi connectivity index (χ2n) is 3.56. The number of phenolic OH excluding ortho intramolecular Hbond substituents is 1. The van der Waals surface area contributed by atoms with E-state index >= 15 is 0 Å². The van der Waals surface area contributed by atoms with E-state index in [2.05, 4.69) is 23.8 Å². The van der Waals surface area contributed by atoms with Crippen LogP contribution in [-0.4, -0.2) is 15.9 Å². The van der Waals surface area contributed by atoms with Gasteiger partial charge in [0.25, 0.3) is 0 Å². The first kappa shape index (κ1) is 10.4. The van der Waals surface area contributed by atoms with Crippen LogP contribution < -0.4 is 0 Å². The van der Waals surface area contributed by atoms with Gasteiger partial charge in [-0.1, -0.05) is 0 Å². The van der Waals surface area contributed by atoms with Crippen molar-refractivity contribution < 1.29 is 5.11 Å². The zero-order valence-electron chi connectivity index (χ0n) is 9.03. The van der Waals surface area contributed by atoms with E-state index in [4.69, 9.17) is 0 Å². The Morgan fingerprint density at radius 2 is 2.13 bits per heavy atom. The molecule has 0 saturated carbocycles. The van der Waals surface area contributed by atoms with E-state index < -0.39 is 0 Å². The van der Waals surface area contributed by atoms with Gasteiger partial charge in [-0.3, -0.25) is 0 Å². The number of aryl methyl sites for hydroxylation is 1. The zero-order valence-corrected chi connectivity index (χ0v) is 9.84. The Morgan fingerprint density at radius 1 is 1.33 bits per heavy atom. The Morgan fingerprint density at radius 3 is 2.80 bits per heavy atom. The first-order valence-electron chi connectivity index (χ1n) is 5.06. The monoisotopic (exact) mass is 221 g/mol. The standard InChI is InChI=1S/C12H15NOS/c1-3-13-10(8-15-2)6-9-7-11(14)4-5-12(9)13/h4-7,14H,3,8H2,1-2H3. The van der Waals surface area contributed by atoms with Crippen molar-refractivity contribution in [3.8, 4) is 5.75 Å². The molecule has 0 aliphatic rings. The minimum Gasteiger partial charge on any atom is -0.508 e. The number of aromatic hydroxyl groups is 1. The number of hydrogen-bond acceptors (Lipinski definition) is 2. The van der Waals surface area contributed by atoms with Crippen LogP contribution in [0.2, 0.25) is 0 Å². The van der Waals surface area contributed by atoms with Crippen LogP contribution in [0.1, 0.15) is 12.6 Å². The van der Waals surface area contributed by atoms with Gasteiger partial charge in [0, 0.05) is 28.9 Å². The van der Waals surface area contributed by atoms with Crippen LogP contribution in [-0.2, 0) is 12.3 Å². The van der Waals surface area contributed by atoms with Crippen LogP contribution >= 0.6 is 11.8 Å². The van der Waals surface area contributed by atoms with E-state index in [0.29, 0.717) is 5.75 Å². The van der Waals surface area contributed by atoms with Crippen molar-refractivity contribution in [3.05, 3.63) is 30.0 Å². The Balaban J connectivity index is 2.62. The summed E-state index contributed by atoms with van der Waals surface area (Å²) in [6, 6.07) is 7.72. The lowest BCUT2D eigenvalue weighted by Crippen LogP contribution is -1.98. The first-order chi connectivity index (χ1) is 7.26. The maximum Gasteiger partial charge on any atom is 0.116 e. The van der Waals surface area contributed by atoms with Crippen LogP contribution in [0.25, 0.3) is 10.9 Å². The highest BCUT2D eigenvalue weighted by Crippen LogP contribution is 2.25. The number of fused-ring (bicyclic) bond motifs is 1. The molecule has 2 aromatic rings. The van der Waals surface area contributed by atoms with Crippen LogP contribution in [0, 0.1) is 0 Å². The average Bonchev–Trinajstić information content (AvgIpc) is 2.54. The van der Waals surface area contributed by atoms with Gasteiger partial charge in [0.1, 0.15) is 5.75 Å². The molecule has 0 atom stereocenters. The minimum atomic E-state index is 0.339. The van der Waals surface area contributed by atoms with Crippen molar-refractivity contribution in [3.63, 3.8) is 0 Å². The molecule has 80 valence electrons. The smallest absolute Gasteiger partial charge is 0.116 e. The number of rotatable bonds is 3. The quantitative estimate of drug-likeness (QED) is 0.860. The average molecular weight is 221 g/mol. The Hall–Kier alpha value is -1.09. The van der Waals surface area contributed by atoms with Crippen molar-refractivity contribution >= 4 is 22.7 Å². The van der Waals surface area contributed by atoms with Gasteiger partial charge in [-0.25, -0.2) is 0 Å². The molecular formula is C12H15NOS. The van der Waals surface area contributed by atoms with E-state index in [-0.39, 0.29) is 0 Å². The van der Waals surface area contributed by atoms with E-state index in [1.54, 1.807) is 6.07 Å². The largest absolute Gasteiger partial charge is 0.508 e. The van der Waals surface area contributed by atoms with E-state index in [9.17, 15) is 5.11 Å². The van der Waals surface area contributed by atoms with Gasteiger partial charge in [0.2, 0.25) is 0 Å². The third kappa shape index (κ3) is 1.84. The lowest BCUT2D eigenvalue weighted by Gasteiger charge is -2.06. The van der Waals surface area contributed by atoms with Crippen molar-refractivity contribution in [2.45, 2.75) is 19.2 Å². The molecule has 0 saturated heterocycles. The number of aromatic nitrogens is 1. The fraction of sp³-hybridized carbons (Fsp3) is 0.333. The SMILES string of the molecule is CCn1c(CSC)cc2cc(O)ccc21. The number of thioether (sulfide) groups is 1. The Labute approximate surface area is 93.9 Å². The maximum absolute atomic E-state index is 9.42. The molecule has 0 aliphatic heterocycles. The summed E-state index contributed by atoms with van der Waals surface area (Å²) in [7, 11) is 0. The number of phenols is 1. The van der Waals surface area contributed by atoms with Crippen molar-refractivity contribution in [2.24, 2.45) is 0 Å². The Bertz CT molecular complexity index is 476. The van der Waals surface area contributed by atoms with Gasteiger partial charge in [-0.05, 0) is 37.4 Å². The molecule has 2 nitrogen and oxygen atoms in total. The molecule has 1 aromatic carbocycles. The first-order valence-corrected chi connectivity index (χ1v) is 6.45. The molecule has 0 aliphatic carbocycles. The van der Waals surface area contributed by atoms with Gasteiger partial charge in [0.05, 0.1) is 0 Å². The molecule has 0 unspecified atom stereocenters. The molecular weight excluding hydrogens is 206 g/mol. The minimum absolute atomic E-state index is 0.339. The van der Waals surface area contributed by atoms with Gasteiger partial charge >= 0.3 is 0 Å². The fourth-order valence-corrected chi connectivity index (χ4v) is 2.49. The molecule has 0 amide bonds. The lowest BCUT2D eigenvalue weighted by molar-refractivity contribution is 0.476.